The lowest BCUT2D eigenvalue weighted by Crippen LogP contribution is -2.27. The number of amides is 1. The molecule has 0 bridgehead atoms. The number of thiophene rings is 2. The summed E-state index contributed by atoms with van der Waals surface area (Å²) in [7, 11) is 1.65. The molecule has 0 fully saturated rings. The summed E-state index contributed by atoms with van der Waals surface area (Å²) in [5.74, 6) is 0.0432. The molecule has 0 saturated heterocycles. The van der Waals surface area contributed by atoms with Crippen molar-refractivity contribution in [1.29, 1.82) is 0 Å². The highest BCUT2D eigenvalue weighted by molar-refractivity contribution is 7.16. The van der Waals surface area contributed by atoms with Gasteiger partial charge in [0.25, 0.3) is 0 Å². The summed E-state index contributed by atoms with van der Waals surface area (Å²) in [5, 5.41) is 8.09. The smallest absolute Gasteiger partial charge is 0.221 e. The van der Waals surface area contributed by atoms with Gasteiger partial charge in [-0.25, -0.2) is 0 Å². The Morgan fingerprint density at radius 3 is 2.79 bits per heavy atom. The molecule has 1 amide bonds. The summed E-state index contributed by atoms with van der Waals surface area (Å²) < 4.78 is 0.782. The summed E-state index contributed by atoms with van der Waals surface area (Å²) in [6.07, 6.45) is 0.470. The van der Waals surface area contributed by atoms with Crippen molar-refractivity contribution in [2.24, 2.45) is 0 Å². The largest absolute Gasteiger partial charge is 0.359 e. The number of carbonyl (C=O) groups is 1. The first kappa shape index (κ1) is 14.5. The van der Waals surface area contributed by atoms with Crippen molar-refractivity contribution in [3.8, 4) is 0 Å². The summed E-state index contributed by atoms with van der Waals surface area (Å²) in [6, 6.07) is 8.17. The van der Waals surface area contributed by atoms with Crippen LogP contribution in [0.5, 0.6) is 0 Å². The van der Waals surface area contributed by atoms with Crippen LogP contribution in [-0.2, 0) is 4.79 Å². The minimum Gasteiger partial charge on any atom is -0.359 e. The van der Waals surface area contributed by atoms with Crippen molar-refractivity contribution in [2.75, 3.05) is 13.6 Å². The minimum atomic E-state index is 0.0432. The molecule has 0 aliphatic heterocycles. The first-order valence-electron chi connectivity index (χ1n) is 5.93. The third-order valence-corrected chi connectivity index (χ3v) is 4.92. The number of rotatable bonds is 6. The second kappa shape index (κ2) is 7.05. The van der Waals surface area contributed by atoms with Gasteiger partial charge in [0.1, 0.15) is 0 Å². The van der Waals surface area contributed by atoms with E-state index in [1.165, 1.54) is 9.75 Å². The van der Waals surface area contributed by atoms with Gasteiger partial charge in [0.15, 0.2) is 0 Å². The maximum Gasteiger partial charge on any atom is 0.221 e. The minimum absolute atomic E-state index is 0.0432. The maximum absolute atomic E-state index is 11.3. The number of hydrogen-bond donors (Lipinski definition) is 2. The first-order chi connectivity index (χ1) is 9.20. The molecule has 6 heteroatoms. The van der Waals surface area contributed by atoms with Crippen LogP contribution in [0.1, 0.15) is 22.2 Å². The molecule has 0 saturated carbocycles. The Hall–Kier alpha value is -0.880. The predicted octanol–water partition coefficient (Wildman–Crippen LogP) is 3.28. The van der Waals surface area contributed by atoms with Gasteiger partial charge in [0.2, 0.25) is 5.91 Å². The van der Waals surface area contributed by atoms with Crippen molar-refractivity contribution >= 4 is 40.2 Å². The van der Waals surface area contributed by atoms with Crippen molar-refractivity contribution in [1.82, 2.24) is 10.6 Å². The Kier molecular flexibility index (Phi) is 5.39. The fourth-order valence-electron chi connectivity index (χ4n) is 1.74. The Morgan fingerprint density at radius 2 is 2.21 bits per heavy atom. The van der Waals surface area contributed by atoms with E-state index in [0.717, 1.165) is 4.34 Å². The van der Waals surface area contributed by atoms with Crippen LogP contribution in [0.25, 0.3) is 0 Å². The molecule has 0 aliphatic carbocycles. The van der Waals surface area contributed by atoms with Gasteiger partial charge in [-0.3, -0.25) is 4.79 Å². The van der Waals surface area contributed by atoms with Gasteiger partial charge < -0.3 is 10.6 Å². The standard InChI is InChI=1S/C13H15ClN2OS2/c1-15-12(17)6-7-16-13(9-3-2-8-18-9)10-4-5-11(14)19-10/h2-5,8,13,16H,6-7H2,1H3,(H,15,17). The number of hydrogen-bond acceptors (Lipinski definition) is 4. The van der Waals surface area contributed by atoms with E-state index in [9.17, 15) is 4.79 Å². The van der Waals surface area contributed by atoms with E-state index in [1.807, 2.05) is 18.2 Å². The fourth-order valence-corrected chi connectivity index (χ4v) is 3.78. The van der Waals surface area contributed by atoms with Crippen LogP contribution in [0, 0.1) is 0 Å². The van der Waals surface area contributed by atoms with E-state index in [4.69, 9.17) is 11.6 Å². The molecular formula is C13H15ClN2OS2. The van der Waals surface area contributed by atoms with Crippen molar-refractivity contribution in [3.63, 3.8) is 0 Å². The highest BCUT2D eigenvalue weighted by atomic mass is 35.5. The van der Waals surface area contributed by atoms with Crippen molar-refractivity contribution < 1.29 is 4.79 Å². The third kappa shape index (κ3) is 4.04. The predicted molar refractivity (Wildman–Crippen MR) is 82.2 cm³/mol. The van der Waals surface area contributed by atoms with E-state index in [-0.39, 0.29) is 11.9 Å². The molecule has 0 aromatic carbocycles. The number of halogens is 1. The number of nitrogens with one attached hydrogen (secondary N) is 2. The topological polar surface area (TPSA) is 41.1 Å². The van der Waals surface area contributed by atoms with Crippen LogP contribution in [0.3, 0.4) is 0 Å². The van der Waals surface area contributed by atoms with Gasteiger partial charge in [-0.1, -0.05) is 17.7 Å². The molecule has 2 N–H and O–H groups in total. The molecule has 0 spiro atoms. The lowest BCUT2D eigenvalue weighted by atomic mass is 10.2. The third-order valence-electron chi connectivity index (χ3n) is 2.69. The second-order valence-corrected chi connectivity index (χ2v) is 6.69. The monoisotopic (exact) mass is 314 g/mol. The van der Waals surface area contributed by atoms with Crippen LogP contribution in [0.2, 0.25) is 4.34 Å². The van der Waals surface area contributed by atoms with E-state index in [1.54, 1.807) is 29.7 Å². The summed E-state index contributed by atoms with van der Waals surface area (Å²) in [5.41, 5.74) is 0. The van der Waals surface area contributed by atoms with Crippen LogP contribution in [0.15, 0.2) is 29.6 Å². The van der Waals surface area contributed by atoms with Gasteiger partial charge >= 0.3 is 0 Å². The quantitative estimate of drug-likeness (QED) is 0.859. The van der Waals surface area contributed by atoms with Crippen LogP contribution >= 0.6 is 34.3 Å². The average Bonchev–Trinajstić information content (AvgIpc) is 3.06. The van der Waals surface area contributed by atoms with Crippen LogP contribution < -0.4 is 10.6 Å². The van der Waals surface area contributed by atoms with Crippen molar-refractivity contribution in [2.45, 2.75) is 12.5 Å². The Labute approximate surface area is 125 Å². The first-order valence-corrected chi connectivity index (χ1v) is 8.00. The fraction of sp³-hybridized carbons (Fsp3) is 0.308. The highest BCUT2D eigenvalue weighted by Gasteiger charge is 2.16. The van der Waals surface area contributed by atoms with E-state index in [2.05, 4.69) is 22.1 Å². The molecule has 2 rings (SSSR count). The normalized spacial score (nSPS) is 12.3. The van der Waals surface area contributed by atoms with Crippen LogP contribution in [0.4, 0.5) is 0 Å². The Balaban J connectivity index is 2.05. The molecule has 102 valence electrons. The molecule has 2 aromatic rings. The zero-order chi connectivity index (χ0) is 13.7. The molecular weight excluding hydrogens is 300 g/mol. The van der Waals surface area contributed by atoms with Gasteiger partial charge in [-0.05, 0) is 23.6 Å². The lowest BCUT2D eigenvalue weighted by molar-refractivity contribution is -0.120. The molecule has 0 aliphatic rings. The van der Waals surface area contributed by atoms with Gasteiger partial charge in [-0.15, -0.1) is 22.7 Å². The van der Waals surface area contributed by atoms with Gasteiger partial charge in [0.05, 0.1) is 10.4 Å². The van der Waals surface area contributed by atoms with E-state index >= 15 is 0 Å². The maximum atomic E-state index is 11.3. The molecule has 2 aromatic heterocycles. The zero-order valence-corrected chi connectivity index (χ0v) is 12.9. The summed E-state index contributed by atoms with van der Waals surface area (Å²) >= 11 is 9.27. The molecule has 3 nitrogen and oxygen atoms in total. The lowest BCUT2D eigenvalue weighted by Gasteiger charge is -2.15. The van der Waals surface area contributed by atoms with Crippen molar-refractivity contribution in [3.05, 3.63) is 43.7 Å². The Bertz CT molecular complexity index is 524. The molecule has 1 unspecified atom stereocenters. The average molecular weight is 315 g/mol. The number of carbonyl (C=O) groups excluding carboxylic acids is 1. The molecule has 1 atom stereocenters. The molecule has 2 heterocycles. The van der Waals surface area contributed by atoms with Gasteiger partial charge in [0, 0.05) is 29.8 Å². The van der Waals surface area contributed by atoms with Crippen LogP contribution in [-0.4, -0.2) is 19.5 Å². The zero-order valence-electron chi connectivity index (χ0n) is 10.5. The highest BCUT2D eigenvalue weighted by Crippen LogP contribution is 2.32. The SMILES string of the molecule is CNC(=O)CCNC(c1cccs1)c1ccc(Cl)s1. The molecule has 19 heavy (non-hydrogen) atoms. The van der Waals surface area contributed by atoms with Gasteiger partial charge in [-0.2, -0.15) is 0 Å². The van der Waals surface area contributed by atoms with E-state index < -0.39 is 0 Å². The second-order valence-electron chi connectivity index (χ2n) is 3.97. The summed E-state index contributed by atoms with van der Waals surface area (Å²) in [4.78, 5) is 13.7. The van der Waals surface area contributed by atoms with E-state index in [0.29, 0.717) is 13.0 Å². The summed E-state index contributed by atoms with van der Waals surface area (Å²) in [6.45, 7) is 0.637. The Morgan fingerprint density at radius 1 is 1.37 bits per heavy atom. The molecule has 0 radical (unpaired) electrons.